The third-order valence-corrected chi connectivity index (χ3v) is 9.98. The highest BCUT2D eigenvalue weighted by Crippen LogP contribution is 2.41. The van der Waals surface area contributed by atoms with Gasteiger partial charge >= 0.3 is 0 Å². The SMILES string of the molecule is Cc1cc(CC2CCC(CC3(C)CCO3)CC2)ccc1CC1CCC(CC2(C)CCO2)CC1. The lowest BCUT2D eigenvalue weighted by Crippen LogP contribution is -2.42. The van der Waals surface area contributed by atoms with E-state index in [2.05, 4.69) is 39.0 Å². The van der Waals surface area contributed by atoms with E-state index in [1.54, 1.807) is 11.1 Å². The van der Waals surface area contributed by atoms with Gasteiger partial charge in [0.15, 0.2) is 0 Å². The second kappa shape index (κ2) is 10.0. The van der Waals surface area contributed by atoms with Crippen molar-refractivity contribution in [2.24, 2.45) is 23.7 Å². The lowest BCUT2D eigenvalue weighted by molar-refractivity contribution is -0.148. The number of aryl methyl sites for hydroxylation is 1. The normalized spacial score (nSPS) is 39.0. The lowest BCUT2D eigenvalue weighted by Gasteiger charge is -2.42. The first-order valence-electron chi connectivity index (χ1n) is 14.2. The van der Waals surface area contributed by atoms with Crippen LogP contribution in [0, 0.1) is 30.6 Å². The van der Waals surface area contributed by atoms with Crippen molar-refractivity contribution in [2.75, 3.05) is 13.2 Å². The van der Waals surface area contributed by atoms with Crippen LogP contribution in [0.4, 0.5) is 0 Å². The summed E-state index contributed by atoms with van der Waals surface area (Å²) in [4.78, 5) is 0. The second-order valence-corrected chi connectivity index (χ2v) is 12.9. The van der Waals surface area contributed by atoms with Gasteiger partial charge in [0.1, 0.15) is 0 Å². The van der Waals surface area contributed by atoms with E-state index in [9.17, 15) is 0 Å². The quantitative estimate of drug-likeness (QED) is 0.400. The molecule has 0 spiro atoms. The largest absolute Gasteiger partial charge is 0.375 e. The molecule has 2 heteroatoms. The molecule has 1 aromatic rings. The van der Waals surface area contributed by atoms with E-state index < -0.39 is 0 Å². The minimum Gasteiger partial charge on any atom is -0.375 e. The fourth-order valence-electron chi connectivity index (χ4n) is 7.48. The second-order valence-electron chi connectivity index (χ2n) is 12.9. The van der Waals surface area contributed by atoms with Gasteiger partial charge in [0.2, 0.25) is 0 Å². The summed E-state index contributed by atoms with van der Waals surface area (Å²) < 4.78 is 11.7. The maximum atomic E-state index is 5.85. The number of rotatable bonds is 8. The number of benzene rings is 1. The van der Waals surface area contributed by atoms with Gasteiger partial charge in [-0.3, -0.25) is 0 Å². The topological polar surface area (TPSA) is 18.5 Å². The maximum absolute atomic E-state index is 5.85. The first kappa shape index (κ1) is 23.9. The monoisotopic (exact) mass is 452 g/mol. The van der Waals surface area contributed by atoms with E-state index >= 15 is 0 Å². The average Bonchev–Trinajstić information content (AvgIpc) is 2.76. The summed E-state index contributed by atoms with van der Waals surface area (Å²) in [6.07, 6.45) is 19.0. The van der Waals surface area contributed by atoms with Crippen LogP contribution in [0.25, 0.3) is 0 Å². The van der Waals surface area contributed by atoms with Gasteiger partial charge in [-0.05, 0) is 125 Å². The van der Waals surface area contributed by atoms with Crippen LogP contribution < -0.4 is 0 Å². The summed E-state index contributed by atoms with van der Waals surface area (Å²) in [5.74, 6) is 3.57. The predicted molar refractivity (Wildman–Crippen MR) is 137 cm³/mol. The molecule has 184 valence electrons. The van der Waals surface area contributed by atoms with Crippen molar-refractivity contribution >= 4 is 0 Å². The molecule has 33 heavy (non-hydrogen) atoms. The van der Waals surface area contributed by atoms with Gasteiger partial charge in [-0.2, -0.15) is 0 Å². The van der Waals surface area contributed by atoms with Crippen molar-refractivity contribution in [1.82, 2.24) is 0 Å². The molecule has 0 radical (unpaired) electrons. The molecule has 0 amide bonds. The standard InChI is InChI=1S/C31H48O2/c1-23-18-28(19-24-4-8-26(9-5-24)21-30(2)14-16-32-30)12-13-29(23)20-25-6-10-27(11-7-25)22-31(3)15-17-33-31/h12-13,18,24-27H,4-11,14-17,19-22H2,1-3H3. The van der Waals surface area contributed by atoms with Crippen LogP contribution in [0.3, 0.4) is 0 Å². The van der Waals surface area contributed by atoms with Gasteiger partial charge < -0.3 is 9.47 Å². The van der Waals surface area contributed by atoms with Crippen LogP contribution in [-0.2, 0) is 22.3 Å². The van der Waals surface area contributed by atoms with Crippen LogP contribution in [0.15, 0.2) is 18.2 Å². The third kappa shape index (κ3) is 6.04. The zero-order valence-electron chi connectivity index (χ0n) is 21.7. The predicted octanol–water partition coefficient (Wildman–Crippen LogP) is 7.83. The van der Waals surface area contributed by atoms with E-state index in [0.29, 0.717) is 0 Å². The fourth-order valence-corrected chi connectivity index (χ4v) is 7.48. The van der Waals surface area contributed by atoms with Gasteiger partial charge in [-0.25, -0.2) is 0 Å². The highest BCUT2D eigenvalue weighted by Gasteiger charge is 2.37. The van der Waals surface area contributed by atoms with E-state index in [0.717, 1.165) is 36.9 Å². The van der Waals surface area contributed by atoms with E-state index in [1.165, 1.54) is 95.5 Å². The zero-order chi connectivity index (χ0) is 22.9. The molecule has 0 aromatic heterocycles. The molecule has 5 rings (SSSR count). The zero-order valence-corrected chi connectivity index (χ0v) is 21.7. The molecule has 0 bridgehead atoms. The van der Waals surface area contributed by atoms with Crippen molar-refractivity contribution in [2.45, 2.75) is 122 Å². The molecular formula is C31H48O2. The van der Waals surface area contributed by atoms with Gasteiger partial charge in [0, 0.05) is 0 Å². The summed E-state index contributed by atoms with van der Waals surface area (Å²) in [6, 6.07) is 7.45. The first-order valence-corrected chi connectivity index (χ1v) is 14.2. The Morgan fingerprint density at radius 3 is 1.58 bits per heavy atom. The summed E-state index contributed by atoms with van der Waals surface area (Å²) in [5.41, 5.74) is 5.15. The molecule has 0 N–H and O–H groups in total. The number of hydrogen-bond acceptors (Lipinski definition) is 2. The molecule has 4 fully saturated rings. The molecule has 2 saturated carbocycles. The Bertz CT molecular complexity index is 774. The summed E-state index contributed by atoms with van der Waals surface area (Å²) >= 11 is 0. The van der Waals surface area contributed by atoms with E-state index in [4.69, 9.17) is 9.47 Å². The molecular weight excluding hydrogens is 404 g/mol. The maximum Gasteiger partial charge on any atom is 0.0679 e. The molecule has 2 aliphatic carbocycles. The van der Waals surface area contributed by atoms with Crippen LogP contribution >= 0.6 is 0 Å². The van der Waals surface area contributed by atoms with Crippen LogP contribution in [0.2, 0.25) is 0 Å². The van der Waals surface area contributed by atoms with Crippen LogP contribution in [0.1, 0.15) is 108 Å². The van der Waals surface area contributed by atoms with Crippen molar-refractivity contribution in [3.8, 4) is 0 Å². The van der Waals surface area contributed by atoms with Crippen molar-refractivity contribution in [1.29, 1.82) is 0 Å². The fraction of sp³-hybridized carbons (Fsp3) is 0.806. The van der Waals surface area contributed by atoms with Crippen LogP contribution in [-0.4, -0.2) is 24.4 Å². The molecule has 4 aliphatic rings. The Morgan fingerprint density at radius 2 is 1.15 bits per heavy atom. The average molecular weight is 453 g/mol. The van der Waals surface area contributed by atoms with Gasteiger partial charge in [-0.1, -0.05) is 43.9 Å². The Balaban J connectivity index is 1.05. The minimum atomic E-state index is 0.215. The molecule has 2 atom stereocenters. The molecule has 2 heterocycles. The van der Waals surface area contributed by atoms with Gasteiger partial charge in [-0.15, -0.1) is 0 Å². The lowest BCUT2D eigenvalue weighted by atomic mass is 9.73. The molecule has 2 saturated heterocycles. The van der Waals surface area contributed by atoms with Crippen molar-refractivity contribution in [3.63, 3.8) is 0 Å². The van der Waals surface area contributed by atoms with Crippen LogP contribution in [0.5, 0.6) is 0 Å². The number of ether oxygens (including phenoxy) is 2. The molecule has 2 aliphatic heterocycles. The molecule has 1 aromatic carbocycles. The Labute approximate surface area is 203 Å². The van der Waals surface area contributed by atoms with E-state index in [-0.39, 0.29) is 11.2 Å². The summed E-state index contributed by atoms with van der Waals surface area (Å²) in [7, 11) is 0. The minimum absolute atomic E-state index is 0.215. The number of hydrogen-bond donors (Lipinski definition) is 0. The Kier molecular flexibility index (Phi) is 7.24. The third-order valence-electron chi connectivity index (χ3n) is 9.98. The highest BCUT2D eigenvalue weighted by atomic mass is 16.5. The van der Waals surface area contributed by atoms with Gasteiger partial charge in [0.25, 0.3) is 0 Å². The van der Waals surface area contributed by atoms with Crippen molar-refractivity contribution in [3.05, 3.63) is 34.9 Å². The van der Waals surface area contributed by atoms with Gasteiger partial charge in [0.05, 0.1) is 24.4 Å². The Morgan fingerprint density at radius 1 is 0.697 bits per heavy atom. The first-order chi connectivity index (χ1) is 15.9. The summed E-state index contributed by atoms with van der Waals surface area (Å²) in [6.45, 7) is 8.97. The summed E-state index contributed by atoms with van der Waals surface area (Å²) in [5, 5.41) is 0. The van der Waals surface area contributed by atoms with E-state index in [1.807, 2.05) is 0 Å². The molecule has 2 nitrogen and oxygen atoms in total. The van der Waals surface area contributed by atoms with Crippen molar-refractivity contribution < 1.29 is 9.47 Å². The highest BCUT2D eigenvalue weighted by molar-refractivity contribution is 5.32. The smallest absolute Gasteiger partial charge is 0.0679 e. The molecule has 2 unspecified atom stereocenters. The Hall–Kier alpha value is -0.860.